The lowest BCUT2D eigenvalue weighted by molar-refractivity contribution is -0.143. The standard InChI is InChI=1S/C28H33F3N4O3/c1-38-23-4-5-26-25(16-23)24(19(17-29)18-33-26)3-2-6-28(27(36)34-37)7-10-35(11-8-28)12-9-32-22-14-20(30)13-21(31)15-22/h4-5,13-16,18,32,37H,2-3,6-12,17H2,1H3,(H,34,36). The van der Waals surface area contributed by atoms with Gasteiger partial charge in [-0.1, -0.05) is 0 Å². The quantitative estimate of drug-likeness (QED) is 0.239. The van der Waals surface area contributed by atoms with Gasteiger partial charge in [0.2, 0.25) is 5.91 Å². The summed E-state index contributed by atoms with van der Waals surface area (Å²) in [6, 6.07) is 8.83. The van der Waals surface area contributed by atoms with Crippen LogP contribution in [0.5, 0.6) is 5.75 Å². The van der Waals surface area contributed by atoms with Crippen LogP contribution >= 0.6 is 0 Å². The van der Waals surface area contributed by atoms with E-state index in [-0.39, 0.29) is 0 Å². The van der Waals surface area contributed by atoms with Gasteiger partial charge in [-0.15, -0.1) is 0 Å². The molecule has 0 atom stereocenters. The molecule has 10 heteroatoms. The minimum absolute atomic E-state index is 0.377. The van der Waals surface area contributed by atoms with E-state index in [4.69, 9.17) is 4.74 Å². The van der Waals surface area contributed by atoms with Crippen LogP contribution in [0.15, 0.2) is 42.6 Å². The number of hydrogen-bond acceptors (Lipinski definition) is 6. The van der Waals surface area contributed by atoms with E-state index < -0.39 is 29.6 Å². The lowest BCUT2D eigenvalue weighted by Gasteiger charge is -2.40. The van der Waals surface area contributed by atoms with Crippen LogP contribution in [0, 0.1) is 17.0 Å². The zero-order valence-electron chi connectivity index (χ0n) is 21.4. The maximum atomic E-state index is 13.8. The monoisotopic (exact) mass is 530 g/mol. The van der Waals surface area contributed by atoms with Crippen molar-refractivity contribution in [3.05, 3.63) is 65.4 Å². The van der Waals surface area contributed by atoms with E-state index in [0.717, 1.165) is 22.5 Å². The number of amides is 1. The Morgan fingerprint density at radius 2 is 1.89 bits per heavy atom. The van der Waals surface area contributed by atoms with Gasteiger partial charge in [0.1, 0.15) is 24.1 Å². The molecular formula is C28H33F3N4O3. The van der Waals surface area contributed by atoms with Crippen LogP contribution in [-0.2, 0) is 17.9 Å². The number of aryl methyl sites for hydroxylation is 1. The van der Waals surface area contributed by atoms with Crippen molar-refractivity contribution in [2.45, 2.75) is 38.8 Å². The summed E-state index contributed by atoms with van der Waals surface area (Å²) in [5, 5.41) is 13.3. The number of anilines is 1. The van der Waals surface area contributed by atoms with Gasteiger partial charge in [0, 0.05) is 42.0 Å². The van der Waals surface area contributed by atoms with E-state index in [0.29, 0.717) is 75.3 Å². The second kappa shape index (κ2) is 12.4. The molecule has 2 aromatic carbocycles. The Balaban J connectivity index is 1.37. The second-order valence-corrected chi connectivity index (χ2v) is 9.78. The van der Waals surface area contributed by atoms with Crippen molar-refractivity contribution in [2.75, 3.05) is 38.6 Å². The third kappa shape index (κ3) is 6.36. The van der Waals surface area contributed by atoms with E-state index in [2.05, 4.69) is 15.2 Å². The minimum Gasteiger partial charge on any atom is -0.497 e. The summed E-state index contributed by atoms with van der Waals surface area (Å²) in [5.41, 5.74) is 3.62. The van der Waals surface area contributed by atoms with Gasteiger partial charge in [0.15, 0.2) is 0 Å². The van der Waals surface area contributed by atoms with Crippen molar-refractivity contribution < 1.29 is 27.9 Å². The number of piperidine rings is 1. The summed E-state index contributed by atoms with van der Waals surface area (Å²) in [4.78, 5) is 19.3. The molecule has 0 unspecified atom stereocenters. The molecule has 38 heavy (non-hydrogen) atoms. The summed E-state index contributed by atoms with van der Waals surface area (Å²) in [6.07, 6.45) is 4.38. The molecule has 7 nitrogen and oxygen atoms in total. The summed E-state index contributed by atoms with van der Waals surface area (Å²) in [7, 11) is 1.58. The average Bonchev–Trinajstić information content (AvgIpc) is 2.92. The van der Waals surface area contributed by atoms with Gasteiger partial charge in [-0.3, -0.25) is 15.0 Å². The van der Waals surface area contributed by atoms with Gasteiger partial charge >= 0.3 is 0 Å². The van der Waals surface area contributed by atoms with Gasteiger partial charge in [-0.2, -0.15) is 0 Å². The van der Waals surface area contributed by atoms with E-state index >= 15 is 0 Å². The Labute approximate surface area is 220 Å². The fourth-order valence-corrected chi connectivity index (χ4v) is 5.34. The number of halogens is 3. The van der Waals surface area contributed by atoms with Crippen LogP contribution in [0.25, 0.3) is 10.9 Å². The Kier molecular flexibility index (Phi) is 9.06. The first-order chi connectivity index (χ1) is 18.4. The van der Waals surface area contributed by atoms with E-state index in [1.807, 2.05) is 23.7 Å². The Morgan fingerprint density at radius 1 is 1.16 bits per heavy atom. The molecular weight excluding hydrogens is 497 g/mol. The predicted octanol–water partition coefficient (Wildman–Crippen LogP) is 5.01. The Bertz CT molecular complexity index is 1240. The highest BCUT2D eigenvalue weighted by molar-refractivity contribution is 5.84. The van der Waals surface area contributed by atoms with E-state index in [1.165, 1.54) is 12.1 Å². The first-order valence-corrected chi connectivity index (χ1v) is 12.7. The highest BCUT2D eigenvalue weighted by Crippen LogP contribution is 2.38. The number of methoxy groups -OCH3 is 1. The molecule has 4 rings (SSSR count). The molecule has 0 bridgehead atoms. The number of pyridine rings is 1. The molecule has 0 saturated carbocycles. The molecule has 0 radical (unpaired) electrons. The molecule has 1 aliphatic heterocycles. The van der Waals surface area contributed by atoms with Crippen LogP contribution in [-0.4, -0.2) is 54.3 Å². The molecule has 1 aromatic heterocycles. The molecule has 1 saturated heterocycles. The Morgan fingerprint density at radius 3 is 2.55 bits per heavy atom. The topological polar surface area (TPSA) is 86.7 Å². The number of hydrogen-bond donors (Lipinski definition) is 3. The number of hydroxylamine groups is 1. The van der Waals surface area contributed by atoms with Crippen LogP contribution in [0.4, 0.5) is 18.9 Å². The number of likely N-dealkylation sites (tertiary alicyclic amines) is 1. The number of nitrogens with one attached hydrogen (secondary N) is 2. The third-order valence-electron chi connectivity index (χ3n) is 7.52. The predicted molar refractivity (Wildman–Crippen MR) is 139 cm³/mol. The molecule has 0 spiro atoms. The van der Waals surface area contributed by atoms with Crippen molar-refractivity contribution in [1.29, 1.82) is 0 Å². The molecule has 0 aliphatic carbocycles. The number of nitrogens with zero attached hydrogens (tertiary/aromatic N) is 2. The Hall–Kier alpha value is -3.37. The number of fused-ring (bicyclic) bond motifs is 1. The number of ether oxygens (including phenoxy) is 1. The van der Waals surface area contributed by atoms with Gasteiger partial charge in [-0.05, 0) is 81.1 Å². The number of rotatable bonds is 11. The molecule has 1 amide bonds. The molecule has 3 aromatic rings. The van der Waals surface area contributed by atoms with E-state index in [9.17, 15) is 23.2 Å². The summed E-state index contributed by atoms with van der Waals surface area (Å²) in [6.45, 7) is 1.77. The summed E-state index contributed by atoms with van der Waals surface area (Å²) in [5.74, 6) is -1.01. The van der Waals surface area contributed by atoms with Crippen molar-refractivity contribution in [3.8, 4) is 5.75 Å². The first-order valence-electron chi connectivity index (χ1n) is 12.7. The molecule has 2 heterocycles. The zero-order chi connectivity index (χ0) is 27.1. The highest BCUT2D eigenvalue weighted by Gasteiger charge is 2.40. The molecule has 1 aliphatic rings. The molecule has 1 fully saturated rings. The zero-order valence-corrected chi connectivity index (χ0v) is 21.4. The van der Waals surface area contributed by atoms with Crippen LogP contribution in [0.2, 0.25) is 0 Å². The smallest absolute Gasteiger partial charge is 0.249 e. The van der Waals surface area contributed by atoms with Crippen molar-refractivity contribution in [1.82, 2.24) is 15.4 Å². The lowest BCUT2D eigenvalue weighted by atomic mass is 9.73. The number of carbonyl (C=O) groups excluding carboxylic acids is 1. The van der Waals surface area contributed by atoms with Crippen molar-refractivity contribution in [3.63, 3.8) is 0 Å². The van der Waals surface area contributed by atoms with Crippen LogP contribution in [0.1, 0.15) is 36.8 Å². The maximum absolute atomic E-state index is 13.8. The average molecular weight is 531 g/mol. The number of alkyl halides is 1. The van der Waals surface area contributed by atoms with Crippen molar-refractivity contribution in [2.24, 2.45) is 5.41 Å². The minimum atomic E-state index is -0.735. The SMILES string of the molecule is COc1ccc2ncc(CF)c(CCCC3(C(=O)NO)CCN(CCNc4cc(F)cc(F)c4)CC3)c2c1. The largest absolute Gasteiger partial charge is 0.497 e. The first kappa shape index (κ1) is 27.7. The van der Waals surface area contributed by atoms with Crippen LogP contribution in [0.3, 0.4) is 0 Å². The fraction of sp³-hybridized carbons (Fsp3) is 0.429. The number of carbonyl (C=O) groups is 1. The summed E-state index contributed by atoms with van der Waals surface area (Å²) >= 11 is 0. The van der Waals surface area contributed by atoms with Crippen molar-refractivity contribution >= 4 is 22.5 Å². The third-order valence-corrected chi connectivity index (χ3v) is 7.52. The molecule has 204 valence electrons. The lowest BCUT2D eigenvalue weighted by Crippen LogP contribution is -2.49. The van der Waals surface area contributed by atoms with E-state index in [1.54, 1.807) is 13.3 Å². The number of aromatic nitrogens is 1. The molecule has 3 N–H and O–H groups in total. The van der Waals surface area contributed by atoms with Gasteiger partial charge in [0.25, 0.3) is 0 Å². The van der Waals surface area contributed by atoms with Gasteiger partial charge in [-0.25, -0.2) is 18.7 Å². The number of benzene rings is 2. The highest BCUT2D eigenvalue weighted by atomic mass is 19.1. The van der Waals surface area contributed by atoms with Gasteiger partial charge in [0.05, 0.1) is 18.0 Å². The maximum Gasteiger partial charge on any atom is 0.249 e. The van der Waals surface area contributed by atoms with Gasteiger partial charge < -0.3 is 15.0 Å². The summed E-state index contributed by atoms with van der Waals surface area (Å²) < 4.78 is 45.9. The van der Waals surface area contributed by atoms with Crippen LogP contribution < -0.4 is 15.5 Å². The normalized spacial score (nSPS) is 15.4. The fourth-order valence-electron chi connectivity index (χ4n) is 5.34. The second-order valence-electron chi connectivity index (χ2n) is 9.78.